The second kappa shape index (κ2) is 43.4. The maximum Gasteiger partial charge on any atom is 0.306 e. The fourth-order valence-corrected chi connectivity index (χ4v) is 6.36. The molecule has 54 heavy (non-hydrogen) atoms. The maximum absolute atomic E-state index is 12.6. The van der Waals surface area contributed by atoms with Crippen molar-refractivity contribution in [1.82, 2.24) is 0 Å². The van der Waals surface area contributed by atoms with Crippen molar-refractivity contribution in [3.63, 3.8) is 0 Å². The number of unbranched alkanes of at least 4 members (excludes halogenated alkanes) is 24. The van der Waals surface area contributed by atoms with Gasteiger partial charge in [0.2, 0.25) is 0 Å². The molecule has 0 spiro atoms. The zero-order valence-electron chi connectivity index (χ0n) is 35.7. The standard InChI is InChI=1S/C48H86O6/c1-4-7-10-13-15-17-19-20-21-22-23-24-25-26-27-28-29-31-32-35-38-41-47(50)53-44-45(43-52-46(49)40-37-34-12-9-6-3)54-48(51)42-39-36-33-30-18-16-14-11-8-5-2/h11,14,19-20,22-23,45H,4-10,12-13,15-18,21,24-44H2,1-3H3/b14-11-,20-19-,23-22-. The van der Waals surface area contributed by atoms with Gasteiger partial charge in [-0.25, -0.2) is 0 Å². The number of ether oxygens (including phenoxy) is 3. The SMILES string of the molecule is CCC/C=C\CCCCCCCC(=O)OC(COC(=O)CCCCCCC)COC(=O)CCCCCCCCCCC/C=C\C/C=C\CCCCCCC. The maximum atomic E-state index is 12.6. The Morgan fingerprint density at radius 3 is 1.11 bits per heavy atom. The Morgan fingerprint density at radius 2 is 0.704 bits per heavy atom. The summed E-state index contributed by atoms with van der Waals surface area (Å²) in [7, 11) is 0. The van der Waals surface area contributed by atoms with Crippen LogP contribution in [0.5, 0.6) is 0 Å². The van der Waals surface area contributed by atoms with Crippen LogP contribution in [0.25, 0.3) is 0 Å². The fourth-order valence-electron chi connectivity index (χ4n) is 6.36. The molecule has 0 bridgehead atoms. The van der Waals surface area contributed by atoms with Crippen LogP contribution in [0.1, 0.15) is 233 Å². The van der Waals surface area contributed by atoms with Crippen LogP contribution in [0, 0.1) is 0 Å². The van der Waals surface area contributed by atoms with Crippen molar-refractivity contribution in [2.24, 2.45) is 0 Å². The van der Waals surface area contributed by atoms with E-state index in [0.29, 0.717) is 19.3 Å². The Bertz CT molecular complexity index is 922. The van der Waals surface area contributed by atoms with Crippen LogP contribution in [-0.4, -0.2) is 37.2 Å². The lowest BCUT2D eigenvalue weighted by Crippen LogP contribution is -2.30. The Balaban J connectivity index is 4.12. The van der Waals surface area contributed by atoms with Crippen molar-refractivity contribution in [2.45, 2.75) is 239 Å². The molecule has 6 heteroatoms. The molecule has 1 unspecified atom stereocenters. The topological polar surface area (TPSA) is 78.9 Å². The van der Waals surface area contributed by atoms with E-state index in [-0.39, 0.29) is 31.1 Å². The largest absolute Gasteiger partial charge is 0.462 e. The van der Waals surface area contributed by atoms with Crippen LogP contribution in [0.15, 0.2) is 36.5 Å². The van der Waals surface area contributed by atoms with Gasteiger partial charge >= 0.3 is 17.9 Å². The smallest absolute Gasteiger partial charge is 0.306 e. The van der Waals surface area contributed by atoms with Crippen LogP contribution in [0.4, 0.5) is 0 Å². The molecule has 0 heterocycles. The normalized spacial score (nSPS) is 12.3. The molecule has 0 saturated carbocycles. The van der Waals surface area contributed by atoms with Gasteiger partial charge < -0.3 is 14.2 Å². The third kappa shape index (κ3) is 40.8. The molecule has 0 aromatic rings. The van der Waals surface area contributed by atoms with Crippen LogP contribution in [0.2, 0.25) is 0 Å². The molecule has 0 aliphatic carbocycles. The third-order valence-corrected chi connectivity index (χ3v) is 9.85. The van der Waals surface area contributed by atoms with E-state index >= 15 is 0 Å². The molecular weight excluding hydrogens is 673 g/mol. The van der Waals surface area contributed by atoms with Gasteiger partial charge in [-0.15, -0.1) is 0 Å². The highest BCUT2D eigenvalue weighted by Gasteiger charge is 2.19. The molecule has 0 aliphatic heterocycles. The van der Waals surface area contributed by atoms with E-state index in [1.807, 2.05) is 0 Å². The molecule has 0 rings (SSSR count). The summed E-state index contributed by atoms with van der Waals surface area (Å²) in [6, 6.07) is 0. The van der Waals surface area contributed by atoms with Gasteiger partial charge in [0.1, 0.15) is 13.2 Å². The number of carbonyl (C=O) groups excluding carboxylic acids is 3. The second-order valence-electron chi connectivity index (χ2n) is 15.3. The first kappa shape index (κ1) is 51.6. The summed E-state index contributed by atoms with van der Waals surface area (Å²) in [6.07, 6.45) is 48.8. The van der Waals surface area contributed by atoms with Gasteiger partial charge in [0.15, 0.2) is 6.10 Å². The van der Waals surface area contributed by atoms with E-state index in [9.17, 15) is 14.4 Å². The molecule has 0 aliphatic rings. The summed E-state index contributed by atoms with van der Waals surface area (Å²) in [6.45, 7) is 6.46. The Labute approximate surface area is 334 Å². The van der Waals surface area contributed by atoms with Crippen molar-refractivity contribution < 1.29 is 28.6 Å². The molecule has 314 valence electrons. The van der Waals surface area contributed by atoms with Crippen molar-refractivity contribution in [3.8, 4) is 0 Å². The zero-order valence-corrected chi connectivity index (χ0v) is 35.7. The highest BCUT2D eigenvalue weighted by atomic mass is 16.6. The van der Waals surface area contributed by atoms with E-state index in [1.54, 1.807) is 0 Å². The summed E-state index contributed by atoms with van der Waals surface area (Å²) in [5, 5.41) is 0. The quantitative estimate of drug-likeness (QED) is 0.0267. The summed E-state index contributed by atoms with van der Waals surface area (Å²) in [5.74, 6) is -0.906. The van der Waals surface area contributed by atoms with Crippen LogP contribution in [0.3, 0.4) is 0 Å². The van der Waals surface area contributed by atoms with Gasteiger partial charge in [0.25, 0.3) is 0 Å². The first-order chi connectivity index (χ1) is 26.5. The summed E-state index contributed by atoms with van der Waals surface area (Å²) in [4.78, 5) is 37.4. The van der Waals surface area contributed by atoms with Gasteiger partial charge in [-0.2, -0.15) is 0 Å². The molecule has 6 nitrogen and oxygen atoms in total. The third-order valence-electron chi connectivity index (χ3n) is 9.85. The minimum Gasteiger partial charge on any atom is -0.462 e. The molecule has 0 aromatic heterocycles. The number of hydrogen-bond donors (Lipinski definition) is 0. The molecule has 0 aromatic carbocycles. The van der Waals surface area contributed by atoms with Gasteiger partial charge in [-0.1, -0.05) is 179 Å². The summed E-state index contributed by atoms with van der Waals surface area (Å²) >= 11 is 0. The predicted octanol–water partition coefficient (Wildman–Crippen LogP) is 14.6. The molecule has 0 amide bonds. The van der Waals surface area contributed by atoms with Crippen LogP contribution >= 0.6 is 0 Å². The van der Waals surface area contributed by atoms with Crippen molar-refractivity contribution in [1.29, 1.82) is 0 Å². The molecule has 0 saturated heterocycles. The van der Waals surface area contributed by atoms with E-state index in [4.69, 9.17) is 14.2 Å². The Kier molecular flexibility index (Phi) is 41.5. The van der Waals surface area contributed by atoms with Gasteiger partial charge in [-0.3, -0.25) is 14.4 Å². The number of esters is 3. The summed E-state index contributed by atoms with van der Waals surface area (Å²) in [5.41, 5.74) is 0. The minimum atomic E-state index is -0.770. The van der Waals surface area contributed by atoms with E-state index in [2.05, 4.69) is 57.2 Å². The highest BCUT2D eigenvalue weighted by molar-refractivity contribution is 5.71. The monoisotopic (exact) mass is 759 g/mol. The zero-order chi connectivity index (χ0) is 39.4. The van der Waals surface area contributed by atoms with E-state index in [1.165, 1.54) is 103 Å². The molecular formula is C48H86O6. The predicted molar refractivity (Wildman–Crippen MR) is 229 cm³/mol. The van der Waals surface area contributed by atoms with Gasteiger partial charge in [0.05, 0.1) is 0 Å². The first-order valence-electron chi connectivity index (χ1n) is 23.0. The van der Waals surface area contributed by atoms with Crippen molar-refractivity contribution in [3.05, 3.63) is 36.5 Å². The highest BCUT2D eigenvalue weighted by Crippen LogP contribution is 2.14. The van der Waals surface area contributed by atoms with Gasteiger partial charge in [0, 0.05) is 19.3 Å². The number of allylic oxidation sites excluding steroid dienone is 6. The molecule has 0 N–H and O–H groups in total. The second-order valence-corrected chi connectivity index (χ2v) is 15.3. The molecule has 1 atom stereocenters. The molecule has 0 fully saturated rings. The lowest BCUT2D eigenvalue weighted by molar-refractivity contribution is -0.167. The van der Waals surface area contributed by atoms with Crippen LogP contribution < -0.4 is 0 Å². The first-order valence-corrected chi connectivity index (χ1v) is 23.0. The van der Waals surface area contributed by atoms with Crippen LogP contribution in [-0.2, 0) is 28.6 Å². The Morgan fingerprint density at radius 1 is 0.370 bits per heavy atom. The van der Waals surface area contributed by atoms with E-state index < -0.39 is 6.10 Å². The minimum absolute atomic E-state index is 0.0774. The number of rotatable bonds is 41. The fraction of sp³-hybridized carbons (Fsp3) is 0.812. The van der Waals surface area contributed by atoms with Gasteiger partial charge in [-0.05, 0) is 70.6 Å². The average Bonchev–Trinajstić information content (AvgIpc) is 3.17. The lowest BCUT2D eigenvalue weighted by atomic mass is 10.1. The van der Waals surface area contributed by atoms with E-state index in [0.717, 1.165) is 89.9 Å². The number of hydrogen-bond acceptors (Lipinski definition) is 6. The van der Waals surface area contributed by atoms with Crippen molar-refractivity contribution >= 4 is 17.9 Å². The van der Waals surface area contributed by atoms with Crippen molar-refractivity contribution in [2.75, 3.05) is 13.2 Å². The summed E-state index contributed by atoms with van der Waals surface area (Å²) < 4.78 is 16.6. The average molecular weight is 759 g/mol. The lowest BCUT2D eigenvalue weighted by Gasteiger charge is -2.18. The number of carbonyl (C=O) groups is 3. The Hall–Kier alpha value is -2.37. The molecule has 0 radical (unpaired) electrons.